The molecule has 1 amide bonds. The van der Waals surface area contributed by atoms with Crippen LogP contribution in [-0.2, 0) is 11.4 Å². The number of carbonyl (C=O) groups is 1. The molecule has 0 saturated carbocycles. The normalized spacial score (nSPS) is 11.0. The van der Waals surface area contributed by atoms with Gasteiger partial charge in [-0.25, -0.2) is 0 Å². The highest BCUT2D eigenvalue weighted by Crippen LogP contribution is 2.31. The van der Waals surface area contributed by atoms with Crippen molar-refractivity contribution >= 4 is 50.1 Å². The van der Waals surface area contributed by atoms with Crippen LogP contribution in [0.2, 0.25) is 0 Å². The predicted molar refractivity (Wildman–Crippen MR) is 144 cm³/mol. The zero-order chi connectivity index (χ0) is 26.4. The standard InChI is InChI=1S/C28H20BrN3O5/c1-36-22-10-11-25(26(15-22)32(34)35)31-28(33)21(16-30)13-18-9-12-27(24(29)14-18)37-17-20-7-4-6-19-5-2-3-8-23(19)20/h2-15H,17H2,1H3,(H,31,33)/b21-13+. The molecule has 8 nitrogen and oxygen atoms in total. The Morgan fingerprint density at radius 2 is 1.89 bits per heavy atom. The zero-order valence-electron chi connectivity index (χ0n) is 19.6. The highest BCUT2D eigenvalue weighted by Gasteiger charge is 2.19. The summed E-state index contributed by atoms with van der Waals surface area (Å²) in [5.41, 5.74) is 1.00. The lowest BCUT2D eigenvalue weighted by Crippen LogP contribution is -2.14. The minimum atomic E-state index is -0.775. The molecular weight excluding hydrogens is 538 g/mol. The second-order valence-corrected chi connectivity index (χ2v) is 8.74. The molecule has 4 aromatic rings. The van der Waals surface area contributed by atoms with Crippen LogP contribution < -0.4 is 14.8 Å². The van der Waals surface area contributed by atoms with Gasteiger partial charge in [-0.1, -0.05) is 48.5 Å². The molecular formula is C28H20BrN3O5. The van der Waals surface area contributed by atoms with Gasteiger partial charge in [-0.2, -0.15) is 5.26 Å². The summed E-state index contributed by atoms with van der Waals surface area (Å²) < 4.78 is 11.7. The Morgan fingerprint density at radius 1 is 1.11 bits per heavy atom. The third-order valence-corrected chi connectivity index (χ3v) is 6.16. The molecule has 4 rings (SSSR count). The third kappa shape index (κ3) is 5.94. The number of benzene rings is 4. The number of nitro benzene ring substituents is 1. The van der Waals surface area contributed by atoms with E-state index >= 15 is 0 Å². The molecule has 4 aromatic carbocycles. The summed E-state index contributed by atoms with van der Waals surface area (Å²) in [6.45, 7) is 0.363. The maximum atomic E-state index is 12.7. The van der Waals surface area contributed by atoms with Crippen molar-refractivity contribution in [3.8, 4) is 17.6 Å². The molecule has 0 spiro atoms. The lowest BCUT2D eigenvalue weighted by atomic mass is 10.1. The number of methoxy groups -OCH3 is 1. The van der Waals surface area contributed by atoms with Crippen molar-refractivity contribution in [3.63, 3.8) is 0 Å². The second kappa shape index (κ2) is 11.4. The van der Waals surface area contributed by atoms with Gasteiger partial charge in [-0.3, -0.25) is 14.9 Å². The number of nitrogens with one attached hydrogen (secondary N) is 1. The van der Waals surface area contributed by atoms with Crippen LogP contribution in [0.25, 0.3) is 16.8 Å². The Bertz CT molecular complexity index is 1570. The second-order valence-electron chi connectivity index (χ2n) is 7.88. The fourth-order valence-electron chi connectivity index (χ4n) is 3.70. The number of hydrogen-bond donors (Lipinski definition) is 1. The molecule has 37 heavy (non-hydrogen) atoms. The average molecular weight is 558 g/mol. The van der Waals surface area contributed by atoms with E-state index in [-0.39, 0.29) is 22.7 Å². The van der Waals surface area contributed by atoms with Crippen molar-refractivity contribution < 1.29 is 19.2 Å². The van der Waals surface area contributed by atoms with Crippen LogP contribution in [0.4, 0.5) is 11.4 Å². The first-order valence-corrected chi connectivity index (χ1v) is 11.8. The summed E-state index contributed by atoms with van der Waals surface area (Å²) in [5, 5.41) is 25.6. The SMILES string of the molecule is COc1ccc(NC(=O)/C(C#N)=C/c2ccc(OCc3cccc4ccccc34)c(Br)c2)c([N+](=O)[O-])c1. The van der Waals surface area contributed by atoms with Crippen molar-refractivity contribution in [1.82, 2.24) is 0 Å². The van der Waals surface area contributed by atoms with E-state index in [1.807, 2.05) is 48.5 Å². The van der Waals surface area contributed by atoms with Crippen molar-refractivity contribution in [1.29, 1.82) is 5.26 Å². The van der Waals surface area contributed by atoms with E-state index in [1.54, 1.807) is 18.2 Å². The van der Waals surface area contributed by atoms with Crippen LogP contribution in [0.5, 0.6) is 11.5 Å². The topological polar surface area (TPSA) is 114 Å². The Morgan fingerprint density at radius 3 is 2.62 bits per heavy atom. The summed E-state index contributed by atoms with van der Waals surface area (Å²) in [7, 11) is 1.38. The summed E-state index contributed by atoms with van der Waals surface area (Å²) >= 11 is 3.49. The number of rotatable bonds is 8. The fraction of sp³-hybridized carbons (Fsp3) is 0.0714. The molecule has 0 saturated heterocycles. The number of nitro groups is 1. The molecule has 0 fully saturated rings. The molecule has 1 N–H and O–H groups in total. The van der Waals surface area contributed by atoms with E-state index in [9.17, 15) is 20.2 Å². The van der Waals surface area contributed by atoms with Gasteiger partial charge in [0.2, 0.25) is 0 Å². The molecule has 0 heterocycles. The fourth-order valence-corrected chi connectivity index (χ4v) is 4.21. The van der Waals surface area contributed by atoms with Gasteiger partial charge in [0.05, 0.1) is 22.6 Å². The van der Waals surface area contributed by atoms with Gasteiger partial charge >= 0.3 is 0 Å². The number of nitrogens with zero attached hydrogens (tertiary/aromatic N) is 2. The summed E-state index contributed by atoms with van der Waals surface area (Å²) in [4.78, 5) is 23.4. The molecule has 9 heteroatoms. The highest BCUT2D eigenvalue weighted by atomic mass is 79.9. The van der Waals surface area contributed by atoms with E-state index in [4.69, 9.17) is 9.47 Å². The zero-order valence-corrected chi connectivity index (χ0v) is 21.2. The number of anilines is 1. The average Bonchev–Trinajstić information content (AvgIpc) is 2.91. The summed E-state index contributed by atoms with van der Waals surface area (Å²) in [6.07, 6.45) is 1.39. The Hall–Kier alpha value is -4.68. The Kier molecular flexibility index (Phi) is 7.81. The van der Waals surface area contributed by atoms with Crippen molar-refractivity contribution in [3.05, 3.63) is 110 Å². The van der Waals surface area contributed by atoms with Crippen LogP contribution in [0, 0.1) is 21.4 Å². The van der Waals surface area contributed by atoms with Crippen LogP contribution >= 0.6 is 15.9 Å². The molecule has 0 radical (unpaired) electrons. The molecule has 0 aliphatic rings. The number of fused-ring (bicyclic) bond motifs is 1. The van der Waals surface area contributed by atoms with Gasteiger partial charge in [0.15, 0.2) is 0 Å². The molecule has 0 bridgehead atoms. The van der Waals surface area contributed by atoms with Crippen LogP contribution in [0.1, 0.15) is 11.1 Å². The lowest BCUT2D eigenvalue weighted by molar-refractivity contribution is -0.384. The van der Waals surface area contributed by atoms with Crippen molar-refractivity contribution in [2.45, 2.75) is 6.61 Å². The first kappa shape index (κ1) is 25.4. The van der Waals surface area contributed by atoms with Gasteiger partial charge < -0.3 is 14.8 Å². The van der Waals surface area contributed by atoms with Gasteiger partial charge in [0.25, 0.3) is 11.6 Å². The van der Waals surface area contributed by atoms with Gasteiger partial charge in [-0.15, -0.1) is 0 Å². The lowest BCUT2D eigenvalue weighted by Gasteiger charge is -2.11. The molecule has 184 valence electrons. The van der Waals surface area contributed by atoms with E-state index in [1.165, 1.54) is 31.4 Å². The number of nitriles is 1. The Balaban J connectivity index is 1.50. The van der Waals surface area contributed by atoms with Gasteiger partial charge in [0.1, 0.15) is 35.4 Å². The number of hydrogen-bond acceptors (Lipinski definition) is 6. The van der Waals surface area contributed by atoms with Crippen molar-refractivity contribution in [2.75, 3.05) is 12.4 Å². The van der Waals surface area contributed by atoms with Crippen molar-refractivity contribution in [2.24, 2.45) is 0 Å². The molecule has 0 aromatic heterocycles. The van der Waals surface area contributed by atoms with E-state index in [2.05, 4.69) is 21.2 Å². The van der Waals surface area contributed by atoms with E-state index < -0.39 is 10.8 Å². The van der Waals surface area contributed by atoms with Crippen LogP contribution in [0.3, 0.4) is 0 Å². The molecule has 0 aliphatic heterocycles. The number of halogens is 1. The number of carbonyl (C=O) groups excluding carboxylic acids is 1. The van der Waals surface area contributed by atoms with Gasteiger partial charge in [-0.05, 0) is 68.2 Å². The Labute approximate surface area is 221 Å². The minimum absolute atomic E-state index is 0.0460. The maximum absolute atomic E-state index is 12.7. The third-order valence-electron chi connectivity index (χ3n) is 5.54. The van der Waals surface area contributed by atoms with Crippen LogP contribution in [-0.4, -0.2) is 17.9 Å². The molecule has 0 aliphatic carbocycles. The maximum Gasteiger partial charge on any atom is 0.296 e. The first-order valence-electron chi connectivity index (χ1n) is 11.0. The summed E-state index contributed by atoms with van der Waals surface area (Å²) in [5.74, 6) is 0.0958. The van der Waals surface area contributed by atoms with E-state index in [0.29, 0.717) is 22.4 Å². The predicted octanol–water partition coefficient (Wildman–Crippen LogP) is 6.64. The minimum Gasteiger partial charge on any atom is -0.496 e. The molecule has 0 unspecified atom stereocenters. The van der Waals surface area contributed by atoms with E-state index in [0.717, 1.165) is 16.3 Å². The molecule has 0 atom stereocenters. The quantitative estimate of drug-likeness (QED) is 0.112. The summed E-state index contributed by atoms with van der Waals surface area (Å²) in [6, 6.07) is 25.2. The monoisotopic (exact) mass is 557 g/mol. The largest absolute Gasteiger partial charge is 0.496 e. The van der Waals surface area contributed by atoms with Crippen LogP contribution in [0.15, 0.2) is 88.9 Å². The van der Waals surface area contributed by atoms with Gasteiger partial charge in [0, 0.05) is 0 Å². The number of amides is 1. The first-order chi connectivity index (χ1) is 17.9. The number of ether oxygens (including phenoxy) is 2. The smallest absolute Gasteiger partial charge is 0.296 e. The highest BCUT2D eigenvalue weighted by molar-refractivity contribution is 9.10.